The number of aromatic nitrogens is 3. The number of rotatable bonds is 4. The lowest BCUT2D eigenvalue weighted by molar-refractivity contribution is 0.161. The third-order valence-electron chi connectivity index (χ3n) is 5.44. The number of carbonyl (C=O) groups excluding carboxylic acids is 1. The number of benzene rings is 1. The predicted octanol–water partition coefficient (Wildman–Crippen LogP) is 5.44. The molecule has 0 spiro atoms. The SMILES string of the molecule is CC(C)(C)NC(=O)N1CCCC(CNc2cc(-c3ccccc3Cl)nc3c(Br)cnn23)C1. The van der Waals surface area contributed by atoms with Crippen LogP contribution in [0.5, 0.6) is 0 Å². The second-order valence-corrected chi connectivity index (χ2v) is 10.5. The Morgan fingerprint density at radius 2 is 2.09 bits per heavy atom. The monoisotopic (exact) mass is 518 g/mol. The van der Waals surface area contributed by atoms with Gasteiger partial charge in [-0.1, -0.05) is 29.8 Å². The number of hydrogen-bond acceptors (Lipinski definition) is 4. The standard InChI is InChI=1S/C23H28BrClN6O/c1-23(2,3)29-22(32)30-10-6-7-15(14-30)12-26-20-11-19(16-8-4-5-9-18(16)25)28-21-17(24)13-27-31(20)21/h4-5,8-9,11,13,15,26H,6-7,10,12,14H2,1-3H3,(H,29,32). The van der Waals surface area contributed by atoms with E-state index in [1.807, 2.05) is 56.0 Å². The fourth-order valence-electron chi connectivity index (χ4n) is 3.93. The second-order valence-electron chi connectivity index (χ2n) is 9.25. The van der Waals surface area contributed by atoms with Crippen molar-refractivity contribution in [2.75, 3.05) is 25.0 Å². The quantitative estimate of drug-likeness (QED) is 0.481. The fraction of sp³-hybridized carbons (Fsp3) is 0.435. The van der Waals surface area contributed by atoms with E-state index in [1.54, 1.807) is 10.7 Å². The molecule has 0 radical (unpaired) electrons. The van der Waals surface area contributed by atoms with E-state index in [0.29, 0.717) is 10.9 Å². The van der Waals surface area contributed by atoms with E-state index < -0.39 is 0 Å². The molecule has 9 heteroatoms. The van der Waals surface area contributed by atoms with E-state index in [2.05, 4.69) is 31.7 Å². The molecule has 1 saturated heterocycles. The number of anilines is 1. The van der Waals surface area contributed by atoms with Crippen molar-refractivity contribution < 1.29 is 4.79 Å². The van der Waals surface area contributed by atoms with Gasteiger partial charge in [0.05, 0.1) is 16.4 Å². The first kappa shape index (κ1) is 22.9. The molecule has 0 saturated carbocycles. The van der Waals surface area contributed by atoms with Gasteiger partial charge in [0.25, 0.3) is 0 Å². The summed E-state index contributed by atoms with van der Waals surface area (Å²) in [7, 11) is 0. The number of carbonyl (C=O) groups is 1. The van der Waals surface area contributed by atoms with Crippen molar-refractivity contribution in [3.05, 3.63) is 46.0 Å². The van der Waals surface area contributed by atoms with Crippen LogP contribution < -0.4 is 10.6 Å². The summed E-state index contributed by atoms with van der Waals surface area (Å²) in [5.41, 5.74) is 2.13. The summed E-state index contributed by atoms with van der Waals surface area (Å²) in [4.78, 5) is 19.3. The fourth-order valence-corrected chi connectivity index (χ4v) is 4.51. The molecule has 1 aromatic carbocycles. The molecular formula is C23H28BrClN6O. The number of halogens is 2. The smallest absolute Gasteiger partial charge is 0.317 e. The molecule has 1 aliphatic rings. The van der Waals surface area contributed by atoms with Crippen LogP contribution in [0, 0.1) is 5.92 Å². The zero-order chi connectivity index (χ0) is 22.9. The Kier molecular flexibility index (Phi) is 6.62. The number of urea groups is 1. The first-order valence-corrected chi connectivity index (χ1v) is 12.0. The maximum absolute atomic E-state index is 12.6. The van der Waals surface area contributed by atoms with E-state index in [9.17, 15) is 4.79 Å². The molecule has 32 heavy (non-hydrogen) atoms. The lowest BCUT2D eigenvalue weighted by Gasteiger charge is -2.35. The lowest BCUT2D eigenvalue weighted by atomic mass is 9.98. The van der Waals surface area contributed by atoms with Gasteiger partial charge in [-0.3, -0.25) is 0 Å². The third kappa shape index (κ3) is 5.18. The maximum atomic E-state index is 12.6. The number of amides is 2. The lowest BCUT2D eigenvalue weighted by Crippen LogP contribution is -2.51. The zero-order valence-corrected chi connectivity index (χ0v) is 20.9. The second kappa shape index (κ2) is 9.27. The summed E-state index contributed by atoms with van der Waals surface area (Å²) >= 11 is 9.97. The van der Waals surface area contributed by atoms with Crippen molar-refractivity contribution in [1.29, 1.82) is 0 Å². The Hall–Kier alpha value is -2.32. The van der Waals surface area contributed by atoms with Crippen LogP contribution in [0.3, 0.4) is 0 Å². The molecular weight excluding hydrogens is 492 g/mol. The van der Waals surface area contributed by atoms with E-state index in [-0.39, 0.29) is 11.6 Å². The largest absolute Gasteiger partial charge is 0.370 e. The van der Waals surface area contributed by atoms with Crippen LogP contribution in [0.25, 0.3) is 16.9 Å². The van der Waals surface area contributed by atoms with Crippen molar-refractivity contribution in [1.82, 2.24) is 24.8 Å². The topological polar surface area (TPSA) is 74.6 Å². The highest BCUT2D eigenvalue weighted by Crippen LogP contribution is 2.30. The Morgan fingerprint density at radius 1 is 1.31 bits per heavy atom. The molecule has 2 amide bonds. The highest BCUT2D eigenvalue weighted by Gasteiger charge is 2.26. The highest BCUT2D eigenvalue weighted by molar-refractivity contribution is 9.10. The average Bonchev–Trinajstić information content (AvgIpc) is 3.12. The van der Waals surface area contributed by atoms with Crippen molar-refractivity contribution in [3.8, 4) is 11.3 Å². The Bertz CT molecular complexity index is 1130. The minimum Gasteiger partial charge on any atom is -0.370 e. The molecule has 7 nitrogen and oxygen atoms in total. The number of piperidine rings is 1. The number of hydrogen-bond donors (Lipinski definition) is 2. The summed E-state index contributed by atoms with van der Waals surface area (Å²) in [5, 5.41) is 11.7. The highest BCUT2D eigenvalue weighted by atomic mass is 79.9. The summed E-state index contributed by atoms with van der Waals surface area (Å²) in [5.74, 6) is 1.19. The van der Waals surface area contributed by atoms with E-state index in [1.165, 1.54) is 0 Å². The Morgan fingerprint density at radius 3 is 2.84 bits per heavy atom. The van der Waals surface area contributed by atoms with Gasteiger partial charge >= 0.3 is 6.03 Å². The van der Waals surface area contributed by atoms with Gasteiger partial charge in [-0.2, -0.15) is 9.61 Å². The van der Waals surface area contributed by atoms with Crippen molar-refractivity contribution in [2.45, 2.75) is 39.2 Å². The zero-order valence-electron chi connectivity index (χ0n) is 18.5. The van der Waals surface area contributed by atoms with Crippen LogP contribution in [0.4, 0.5) is 10.6 Å². The van der Waals surface area contributed by atoms with Crippen molar-refractivity contribution in [3.63, 3.8) is 0 Å². The van der Waals surface area contributed by atoms with Crippen LogP contribution in [-0.2, 0) is 0 Å². The van der Waals surface area contributed by atoms with Gasteiger partial charge in [0.1, 0.15) is 5.82 Å². The van der Waals surface area contributed by atoms with Crippen LogP contribution in [0.15, 0.2) is 41.0 Å². The van der Waals surface area contributed by atoms with Crippen molar-refractivity contribution in [2.24, 2.45) is 5.92 Å². The van der Waals surface area contributed by atoms with Crippen molar-refractivity contribution >= 4 is 45.0 Å². The van der Waals surface area contributed by atoms with Gasteiger partial charge in [-0.25, -0.2) is 9.78 Å². The molecule has 2 N–H and O–H groups in total. The number of likely N-dealkylation sites (tertiary alicyclic amines) is 1. The normalized spacial score (nSPS) is 16.9. The number of nitrogens with zero attached hydrogens (tertiary/aromatic N) is 4. The van der Waals surface area contributed by atoms with Gasteiger partial charge in [0.15, 0.2) is 5.65 Å². The molecule has 3 heterocycles. The minimum atomic E-state index is -0.243. The molecule has 2 aromatic heterocycles. The third-order valence-corrected chi connectivity index (χ3v) is 6.33. The van der Waals surface area contributed by atoms with Crippen LogP contribution in [0.2, 0.25) is 5.02 Å². The van der Waals surface area contributed by atoms with E-state index in [0.717, 1.165) is 59.7 Å². The minimum absolute atomic E-state index is 0.00511. The van der Waals surface area contributed by atoms with Gasteiger partial charge in [-0.15, -0.1) is 0 Å². The predicted molar refractivity (Wildman–Crippen MR) is 132 cm³/mol. The number of fused-ring (bicyclic) bond motifs is 1. The molecule has 1 aliphatic heterocycles. The van der Waals surface area contributed by atoms with Crippen LogP contribution in [-0.4, -0.2) is 50.7 Å². The van der Waals surface area contributed by atoms with Crippen LogP contribution >= 0.6 is 27.5 Å². The molecule has 170 valence electrons. The molecule has 3 aromatic rings. The first-order chi connectivity index (χ1) is 15.2. The number of nitrogens with one attached hydrogen (secondary N) is 2. The molecule has 0 aliphatic carbocycles. The summed E-state index contributed by atoms with van der Waals surface area (Å²) in [6, 6.07) is 9.65. The molecule has 1 unspecified atom stereocenters. The molecule has 0 bridgehead atoms. The van der Waals surface area contributed by atoms with Gasteiger partial charge in [0, 0.05) is 41.8 Å². The maximum Gasteiger partial charge on any atom is 0.317 e. The van der Waals surface area contributed by atoms with Gasteiger partial charge < -0.3 is 15.5 Å². The molecule has 1 atom stereocenters. The van der Waals surface area contributed by atoms with E-state index in [4.69, 9.17) is 16.6 Å². The molecule has 1 fully saturated rings. The Balaban J connectivity index is 1.53. The Labute approximate surface area is 201 Å². The summed E-state index contributed by atoms with van der Waals surface area (Å²) in [6.07, 6.45) is 3.80. The van der Waals surface area contributed by atoms with Crippen LogP contribution in [0.1, 0.15) is 33.6 Å². The first-order valence-electron chi connectivity index (χ1n) is 10.8. The summed E-state index contributed by atoms with van der Waals surface area (Å²) in [6.45, 7) is 8.26. The van der Waals surface area contributed by atoms with Gasteiger partial charge in [0.2, 0.25) is 0 Å². The average molecular weight is 520 g/mol. The van der Waals surface area contributed by atoms with Gasteiger partial charge in [-0.05, 0) is 61.5 Å². The molecule has 4 rings (SSSR count). The summed E-state index contributed by atoms with van der Waals surface area (Å²) < 4.78 is 2.61. The van der Waals surface area contributed by atoms with E-state index >= 15 is 0 Å².